The highest BCUT2D eigenvalue weighted by molar-refractivity contribution is 9.10. The Labute approximate surface area is 115 Å². The molecule has 18 heavy (non-hydrogen) atoms. The maximum atomic E-state index is 5.68. The lowest BCUT2D eigenvalue weighted by atomic mass is 10.0. The topological polar surface area (TPSA) is 55.9 Å². The molecule has 1 unspecified atom stereocenters. The van der Waals surface area contributed by atoms with Gasteiger partial charge in [-0.15, -0.1) is 0 Å². The van der Waals surface area contributed by atoms with Crippen molar-refractivity contribution in [2.75, 3.05) is 0 Å². The highest BCUT2D eigenvalue weighted by Gasteiger charge is 2.18. The molecular formula is C13H17BrN4. The van der Waals surface area contributed by atoms with Crippen molar-refractivity contribution in [3.05, 3.63) is 51.8 Å². The van der Waals surface area contributed by atoms with E-state index < -0.39 is 0 Å². The molecule has 1 aromatic heterocycles. The molecule has 0 fully saturated rings. The van der Waals surface area contributed by atoms with Gasteiger partial charge in [0.15, 0.2) is 0 Å². The first-order valence-corrected chi connectivity index (χ1v) is 6.60. The van der Waals surface area contributed by atoms with Crippen LogP contribution in [0.3, 0.4) is 0 Å². The van der Waals surface area contributed by atoms with Crippen LogP contribution in [0.25, 0.3) is 0 Å². The third-order valence-corrected chi connectivity index (χ3v) is 3.60. The number of benzene rings is 1. The van der Waals surface area contributed by atoms with Crippen LogP contribution in [0.5, 0.6) is 0 Å². The number of nitrogens with one attached hydrogen (secondary N) is 1. The molecule has 0 spiro atoms. The fourth-order valence-electron chi connectivity index (χ4n) is 2.12. The maximum absolute atomic E-state index is 5.68. The van der Waals surface area contributed by atoms with Crippen molar-refractivity contribution in [3.8, 4) is 0 Å². The van der Waals surface area contributed by atoms with Crippen molar-refractivity contribution >= 4 is 15.9 Å². The van der Waals surface area contributed by atoms with Crippen molar-refractivity contribution in [2.45, 2.75) is 19.4 Å². The zero-order valence-corrected chi connectivity index (χ0v) is 12.1. The minimum Gasteiger partial charge on any atom is -0.271 e. The molecule has 0 radical (unpaired) electrons. The van der Waals surface area contributed by atoms with E-state index in [9.17, 15) is 0 Å². The fraction of sp³-hybridized carbons (Fsp3) is 0.308. The highest BCUT2D eigenvalue weighted by atomic mass is 79.9. The number of nitrogens with two attached hydrogens (primary N) is 1. The van der Waals surface area contributed by atoms with Crippen LogP contribution in [0.1, 0.15) is 22.9 Å². The Bertz CT molecular complexity index is 516. The van der Waals surface area contributed by atoms with Gasteiger partial charge in [-0.1, -0.05) is 29.8 Å². The Hall–Kier alpha value is -1.17. The fourth-order valence-corrected chi connectivity index (χ4v) is 2.75. The third-order valence-electron chi connectivity index (χ3n) is 2.99. The molecule has 0 aliphatic carbocycles. The molecule has 1 atom stereocenters. The lowest BCUT2D eigenvalue weighted by molar-refractivity contribution is 0.506. The second-order valence-corrected chi connectivity index (χ2v) is 5.27. The van der Waals surface area contributed by atoms with Crippen molar-refractivity contribution in [2.24, 2.45) is 12.9 Å². The molecule has 0 bridgehead atoms. The minimum atomic E-state index is 0.0358. The van der Waals surface area contributed by atoms with Gasteiger partial charge in [-0.05, 0) is 34.8 Å². The smallest absolute Gasteiger partial charge is 0.0709 e. The van der Waals surface area contributed by atoms with Gasteiger partial charge in [-0.2, -0.15) is 5.10 Å². The monoisotopic (exact) mass is 308 g/mol. The van der Waals surface area contributed by atoms with Crippen LogP contribution in [-0.2, 0) is 13.5 Å². The van der Waals surface area contributed by atoms with E-state index in [-0.39, 0.29) is 6.04 Å². The van der Waals surface area contributed by atoms with Crippen LogP contribution < -0.4 is 11.3 Å². The standard InChI is InChI=1S/C13H17BrN4/c1-9-4-3-5-10(6-9)7-12(17-15)13-11(14)8-16-18(13)2/h3-6,8,12,17H,7,15H2,1-2H3. The molecule has 3 N–H and O–H groups in total. The number of hydrogen-bond acceptors (Lipinski definition) is 3. The minimum absolute atomic E-state index is 0.0358. The van der Waals surface area contributed by atoms with Crippen LogP contribution >= 0.6 is 15.9 Å². The lowest BCUT2D eigenvalue weighted by Gasteiger charge is -2.17. The Balaban J connectivity index is 2.25. The Morgan fingerprint density at radius 3 is 2.83 bits per heavy atom. The molecular weight excluding hydrogens is 292 g/mol. The first-order chi connectivity index (χ1) is 8.61. The van der Waals surface area contributed by atoms with Crippen molar-refractivity contribution in [3.63, 3.8) is 0 Å². The van der Waals surface area contributed by atoms with Gasteiger partial charge in [0.2, 0.25) is 0 Å². The molecule has 5 heteroatoms. The summed E-state index contributed by atoms with van der Waals surface area (Å²) >= 11 is 3.51. The van der Waals surface area contributed by atoms with Gasteiger partial charge < -0.3 is 0 Å². The van der Waals surface area contributed by atoms with Gasteiger partial charge >= 0.3 is 0 Å². The summed E-state index contributed by atoms with van der Waals surface area (Å²) in [5.74, 6) is 5.68. The van der Waals surface area contributed by atoms with Crippen LogP contribution in [0.2, 0.25) is 0 Å². The van der Waals surface area contributed by atoms with E-state index in [4.69, 9.17) is 5.84 Å². The van der Waals surface area contributed by atoms with E-state index >= 15 is 0 Å². The van der Waals surface area contributed by atoms with Crippen molar-refractivity contribution < 1.29 is 0 Å². The number of aryl methyl sites for hydroxylation is 2. The average Bonchev–Trinajstić information content (AvgIpc) is 2.67. The quantitative estimate of drug-likeness (QED) is 0.673. The summed E-state index contributed by atoms with van der Waals surface area (Å²) in [5, 5.41) is 4.22. The van der Waals surface area contributed by atoms with Crippen molar-refractivity contribution in [1.29, 1.82) is 0 Å². The van der Waals surface area contributed by atoms with E-state index in [1.165, 1.54) is 11.1 Å². The molecule has 0 aliphatic rings. The van der Waals surface area contributed by atoms with Gasteiger partial charge in [0.1, 0.15) is 0 Å². The third kappa shape index (κ3) is 2.80. The molecule has 0 saturated heterocycles. The molecule has 1 aromatic carbocycles. The Morgan fingerprint density at radius 1 is 1.50 bits per heavy atom. The number of hydrazine groups is 1. The molecule has 4 nitrogen and oxygen atoms in total. The van der Waals surface area contributed by atoms with E-state index in [1.54, 1.807) is 6.20 Å². The van der Waals surface area contributed by atoms with E-state index in [0.29, 0.717) is 0 Å². The normalized spacial score (nSPS) is 12.7. The number of rotatable bonds is 4. The van der Waals surface area contributed by atoms with Gasteiger partial charge in [0, 0.05) is 7.05 Å². The van der Waals surface area contributed by atoms with Crippen LogP contribution in [0.4, 0.5) is 0 Å². The molecule has 1 heterocycles. The number of hydrogen-bond donors (Lipinski definition) is 2. The summed E-state index contributed by atoms with van der Waals surface area (Å²) in [6.07, 6.45) is 2.62. The largest absolute Gasteiger partial charge is 0.271 e. The predicted molar refractivity (Wildman–Crippen MR) is 75.9 cm³/mol. The zero-order valence-electron chi connectivity index (χ0n) is 10.5. The predicted octanol–water partition coefficient (Wildman–Crippen LogP) is 2.24. The molecule has 0 amide bonds. The van der Waals surface area contributed by atoms with Gasteiger partial charge in [0.25, 0.3) is 0 Å². The molecule has 0 saturated carbocycles. The lowest BCUT2D eigenvalue weighted by Crippen LogP contribution is -2.31. The summed E-state index contributed by atoms with van der Waals surface area (Å²) in [4.78, 5) is 0. The SMILES string of the molecule is Cc1cccc(CC(NN)c2c(Br)cnn2C)c1. The molecule has 2 rings (SSSR count). The number of aromatic nitrogens is 2. The number of halogens is 1. The Kier molecular flexibility index (Phi) is 4.16. The van der Waals surface area contributed by atoms with E-state index in [1.807, 2.05) is 11.7 Å². The summed E-state index contributed by atoms with van der Waals surface area (Å²) < 4.78 is 2.81. The summed E-state index contributed by atoms with van der Waals surface area (Å²) in [6, 6.07) is 8.48. The first-order valence-electron chi connectivity index (χ1n) is 5.81. The van der Waals surface area contributed by atoms with Crippen LogP contribution in [0, 0.1) is 6.92 Å². The van der Waals surface area contributed by atoms with E-state index in [2.05, 4.69) is 57.6 Å². The van der Waals surface area contributed by atoms with Crippen molar-refractivity contribution in [1.82, 2.24) is 15.2 Å². The van der Waals surface area contributed by atoms with Gasteiger partial charge in [0.05, 0.1) is 22.4 Å². The summed E-state index contributed by atoms with van der Waals surface area (Å²) in [7, 11) is 1.92. The first kappa shape index (κ1) is 13.3. The number of nitrogens with zero attached hydrogens (tertiary/aromatic N) is 2. The Morgan fingerprint density at radius 2 is 2.28 bits per heavy atom. The highest BCUT2D eigenvalue weighted by Crippen LogP contribution is 2.25. The zero-order chi connectivity index (χ0) is 13.1. The maximum Gasteiger partial charge on any atom is 0.0709 e. The van der Waals surface area contributed by atoms with Gasteiger partial charge in [-0.3, -0.25) is 16.0 Å². The molecule has 0 aliphatic heterocycles. The average molecular weight is 309 g/mol. The summed E-state index contributed by atoms with van der Waals surface area (Å²) in [6.45, 7) is 2.09. The van der Waals surface area contributed by atoms with Crippen LogP contribution in [-0.4, -0.2) is 9.78 Å². The summed E-state index contributed by atoms with van der Waals surface area (Å²) in [5.41, 5.74) is 6.43. The molecule has 96 valence electrons. The second kappa shape index (κ2) is 5.65. The van der Waals surface area contributed by atoms with Gasteiger partial charge in [-0.25, -0.2) is 0 Å². The van der Waals surface area contributed by atoms with E-state index in [0.717, 1.165) is 16.6 Å². The second-order valence-electron chi connectivity index (χ2n) is 4.41. The molecule has 2 aromatic rings. The van der Waals surface area contributed by atoms with Crippen LogP contribution in [0.15, 0.2) is 34.9 Å².